The molecule has 0 saturated heterocycles. The minimum absolute atomic E-state index is 0.272. The molecule has 1 atom stereocenters. The summed E-state index contributed by atoms with van der Waals surface area (Å²) in [5.41, 5.74) is 3.22. The van der Waals surface area contributed by atoms with Gasteiger partial charge in [-0.05, 0) is 40.5 Å². The van der Waals surface area contributed by atoms with Crippen LogP contribution >= 0.6 is 31.9 Å². The van der Waals surface area contributed by atoms with Gasteiger partial charge in [-0.3, -0.25) is 4.40 Å². The Labute approximate surface area is 139 Å². The average molecular weight is 410 g/mol. The largest absolute Gasteiger partial charge is 0.305 e. The van der Waals surface area contributed by atoms with Crippen molar-refractivity contribution in [2.24, 2.45) is 0 Å². The predicted molar refractivity (Wildman–Crippen MR) is 90.1 cm³/mol. The van der Waals surface area contributed by atoms with E-state index in [0.717, 1.165) is 27.0 Å². The van der Waals surface area contributed by atoms with Crippen LogP contribution in [0.15, 0.2) is 51.9 Å². The van der Waals surface area contributed by atoms with Crippen LogP contribution in [-0.4, -0.2) is 14.4 Å². The van der Waals surface area contributed by atoms with Gasteiger partial charge in [0.2, 0.25) is 0 Å². The molecule has 1 N–H and O–H groups in total. The van der Waals surface area contributed by atoms with E-state index >= 15 is 0 Å². The molecule has 0 saturated carbocycles. The Morgan fingerprint density at radius 1 is 1.14 bits per heavy atom. The summed E-state index contributed by atoms with van der Waals surface area (Å²) in [6, 6.07) is 8.64. The van der Waals surface area contributed by atoms with Gasteiger partial charge in [0.25, 0.3) is 0 Å². The molecule has 2 heterocycles. The molecule has 1 aromatic carbocycles. The highest BCUT2D eigenvalue weighted by molar-refractivity contribution is 9.10. The molecule has 0 aliphatic rings. The smallest absolute Gasteiger partial charge is 0.155 e. The second-order valence-electron chi connectivity index (χ2n) is 4.84. The lowest BCUT2D eigenvalue weighted by Gasteiger charge is -2.14. The van der Waals surface area contributed by atoms with Crippen molar-refractivity contribution in [2.75, 3.05) is 0 Å². The van der Waals surface area contributed by atoms with Gasteiger partial charge >= 0.3 is 0 Å². The Hall–Kier alpha value is -1.24. The van der Waals surface area contributed by atoms with Crippen molar-refractivity contribution < 1.29 is 0 Å². The topological polar surface area (TPSA) is 42.2 Å². The SMILES string of the molecule is CC(NCc1cnc2cnc(Br)cn12)c1ccc(Br)cc1. The number of hydrogen-bond donors (Lipinski definition) is 1. The monoisotopic (exact) mass is 408 g/mol. The van der Waals surface area contributed by atoms with Gasteiger partial charge in [0.05, 0.1) is 18.1 Å². The predicted octanol–water partition coefficient (Wildman–Crippen LogP) is 4.11. The van der Waals surface area contributed by atoms with Crippen molar-refractivity contribution in [1.82, 2.24) is 19.7 Å². The van der Waals surface area contributed by atoms with Crippen LogP contribution in [0, 0.1) is 0 Å². The summed E-state index contributed by atoms with van der Waals surface area (Å²) in [6.45, 7) is 2.90. The summed E-state index contributed by atoms with van der Waals surface area (Å²) in [5.74, 6) is 0. The standard InChI is InChI=1S/C15H14Br2N4/c1-10(11-2-4-12(16)5-3-11)18-6-13-7-20-15-8-19-14(17)9-21(13)15/h2-5,7-10,18H,6H2,1H3. The molecule has 1 unspecified atom stereocenters. The van der Waals surface area contributed by atoms with Crippen LogP contribution in [0.5, 0.6) is 0 Å². The molecule has 108 valence electrons. The first-order chi connectivity index (χ1) is 10.1. The molecule has 21 heavy (non-hydrogen) atoms. The Balaban J connectivity index is 1.74. The number of fused-ring (bicyclic) bond motifs is 1. The fraction of sp³-hybridized carbons (Fsp3) is 0.200. The van der Waals surface area contributed by atoms with Crippen LogP contribution in [0.2, 0.25) is 0 Å². The van der Waals surface area contributed by atoms with E-state index in [9.17, 15) is 0 Å². The maximum atomic E-state index is 4.36. The van der Waals surface area contributed by atoms with E-state index in [0.29, 0.717) is 0 Å². The van der Waals surface area contributed by atoms with E-state index in [-0.39, 0.29) is 6.04 Å². The molecule has 2 aromatic heterocycles. The number of halogens is 2. The van der Waals surface area contributed by atoms with Crippen molar-refractivity contribution >= 4 is 37.5 Å². The van der Waals surface area contributed by atoms with Gasteiger partial charge in [0.15, 0.2) is 5.65 Å². The number of nitrogens with one attached hydrogen (secondary N) is 1. The molecule has 0 aliphatic carbocycles. The molecule has 4 nitrogen and oxygen atoms in total. The van der Waals surface area contributed by atoms with Crippen molar-refractivity contribution in [3.05, 3.63) is 63.2 Å². The second-order valence-corrected chi connectivity index (χ2v) is 6.57. The third-order valence-electron chi connectivity index (χ3n) is 3.40. The molecule has 0 bridgehead atoms. The zero-order valence-corrected chi connectivity index (χ0v) is 14.6. The minimum atomic E-state index is 0.272. The van der Waals surface area contributed by atoms with E-state index in [4.69, 9.17) is 0 Å². The first-order valence-electron chi connectivity index (χ1n) is 6.60. The number of nitrogens with zero attached hydrogens (tertiary/aromatic N) is 3. The number of hydrogen-bond acceptors (Lipinski definition) is 3. The van der Waals surface area contributed by atoms with Crippen LogP contribution in [0.25, 0.3) is 5.65 Å². The van der Waals surface area contributed by atoms with Crippen molar-refractivity contribution in [2.45, 2.75) is 19.5 Å². The van der Waals surface area contributed by atoms with Crippen molar-refractivity contribution in [3.63, 3.8) is 0 Å². The molecule has 0 amide bonds. The van der Waals surface area contributed by atoms with Gasteiger partial charge < -0.3 is 5.32 Å². The third-order valence-corrected chi connectivity index (χ3v) is 4.34. The number of benzene rings is 1. The zero-order chi connectivity index (χ0) is 14.8. The summed E-state index contributed by atoms with van der Waals surface area (Å²) in [4.78, 5) is 8.54. The molecule has 0 aliphatic heterocycles. The number of rotatable bonds is 4. The molecule has 3 rings (SSSR count). The third kappa shape index (κ3) is 3.33. The Bertz CT molecular complexity index is 752. The summed E-state index contributed by atoms with van der Waals surface area (Å²) in [6.07, 6.45) is 5.57. The number of imidazole rings is 1. The Morgan fingerprint density at radius 3 is 2.67 bits per heavy atom. The van der Waals surface area contributed by atoms with Gasteiger partial charge in [-0.25, -0.2) is 9.97 Å². The highest BCUT2D eigenvalue weighted by Gasteiger charge is 2.08. The highest BCUT2D eigenvalue weighted by Crippen LogP contribution is 2.17. The first kappa shape index (κ1) is 14.7. The van der Waals surface area contributed by atoms with E-state index in [1.807, 2.05) is 16.8 Å². The van der Waals surface area contributed by atoms with Crippen molar-refractivity contribution in [3.8, 4) is 0 Å². The molecular formula is C15H14Br2N4. The number of aromatic nitrogens is 3. The molecule has 0 radical (unpaired) electrons. The van der Waals surface area contributed by atoms with E-state index in [2.05, 4.69) is 78.3 Å². The van der Waals surface area contributed by atoms with E-state index in [1.54, 1.807) is 6.20 Å². The molecule has 0 fully saturated rings. The van der Waals surface area contributed by atoms with Crippen molar-refractivity contribution in [1.29, 1.82) is 0 Å². The Kier molecular flexibility index (Phi) is 4.37. The summed E-state index contributed by atoms with van der Waals surface area (Å²) in [5, 5.41) is 3.52. The summed E-state index contributed by atoms with van der Waals surface area (Å²) >= 11 is 6.85. The molecular weight excluding hydrogens is 396 g/mol. The van der Waals surface area contributed by atoms with E-state index < -0.39 is 0 Å². The maximum Gasteiger partial charge on any atom is 0.155 e. The lowest BCUT2D eigenvalue weighted by molar-refractivity contribution is 0.565. The van der Waals surface area contributed by atoms with Gasteiger partial charge in [0.1, 0.15) is 4.60 Å². The zero-order valence-electron chi connectivity index (χ0n) is 11.4. The van der Waals surface area contributed by atoms with E-state index in [1.165, 1.54) is 5.56 Å². The normalized spacial score (nSPS) is 12.7. The summed E-state index contributed by atoms with van der Waals surface area (Å²) in [7, 11) is 0. The molecule has 6 heteroatoms. The van der Waals surface area contributed by atoms with Crippen LogP contribution in [0.1, 0.15) is 24.2 Å². The Morgan fingerprint density at radius 2 is 1.90 bits per heavy atom. The maximum absolute atomic E-state index is 4.36. The van der Waals surface area contributed by atoms with Gasteiger partial charge in [0, 0.05) is 23.3 Å². The van der Waals surface area contributed by atoms with Crippen LogP contribution in [-0.2, 0) is 6.54 Å². The average Bonchev–Trinajstić information content (AvgIpc) is 2.88. The summed E-state index contributed by atoms with van der Waals surface area (Å²) < 4.78 is 3.94. The van der Waals surface area contributed by atoms with Gasteiger partial charge in [-0.1, -0.05) is 28.1 Å². The quantitative estimate of drug-likeness (QED) is 0.705. The van der Waals surface area contributed by atoms with Gasteiger partial charge in [-0.15, -0.1) is 0 Å². The lowest BCUT2D eigenvalue weighted by Crippen LogP contribution is -2.19. The molecule has 0 spiro atoms. The fourth-order valence-corrected chi connectivity index (χ4v) is 2.75. The van der Waals surface area contributed by atoms with Crippen LogP contribution < -0.4 is 5.32 Å². The molecule has 3 aromatic rings. The lowest BCUT2D eigenvalue weighted by atomic mass is 10.1. The highest BCUT2D eigenvalue weighted by atomic mass is 79.9. The van der Waals surface area contributed by atoms with Crippen LogP contribution in [0.4, 0.5) is 0 Å². The second kappa shape index (κ2) is 6.25. The fourth-order valence-electron chi connectivity index (χ4n) is 2.17. The first-order valence-corrected chi connectivity index (χ1v) is 8.18. The van der Waals surface area contributed by atoms with Crippen LogP contribution in [0.3, 0.4) is 0 Å². The minimum Gasteiger partial charge on any atom is -0.305 e. The van der Waals surface area contributed by atoms with Gasteiger partial charge in [-0.2, -0.15) is 0 Å².